The average molecular weight is 340 g/mol. The van der Waals surface area contributed by atoms with E-state index in [1.807, 2.05) is 31.1 Å². The van der Waals surface area contributed by atoms with Gasteiger partial charge >= 0.3 is 0 Å². The maximum absolute atomic E-state index is 9.31. The molecule has 1 aliphatic rings. The molecule has 0 spiro atoms. The van der Waals surface area contributed by atoms with E-state index in [1.54, 1.807) is 0 Å². The van der Waals surface area contributed by atoms with Crippen LogP contribution in [-0.4, -0.2) is 42.3 Å². The standard InChI is InChI=1S/C20H28N4O/c1-4-18-12-19(22-20(21-18)23(2)3)24-9-8-16(13-24)10-15-6-5-7-17(11-15)14-25/h5-7,11-12,16,25H,4,8-10,13-14H2,1-3H3. The van der Waals surface area contributed by atoms with Crippen molar-refractivity contribution < 1.29 is 5.11 Å². The summed E-state index contributed by atoms with van der Waals surface area (Å²) in [5, 5.41) is 9.31. The van der Waals surface area contributed by atoms with Gasteiger partial charge in [-0.25, -0.2) is 4.98 Å². The van der Waals surface area contributed by atoms with Crippen molar-refractivity contribution in [2.75, 3.05) is 37.0 Å². The highest BCUT2D eigenvalue weighted by atomic mass is 16.3. The zero-order valence-electron chi connectivity index (χ0n) is 15.4. The van der Waals surface area contributed by atoms with Crippen molar-refractivity contribution in [3.8, 4) is 0 Å². The van der Waals surface area contributed by atoms with Gasteiger partial charge in [0.05, 0.1) is 6.61 Å². The molecule has 0 amide bonds. The van der Waals surface area contributed by atoms with E-state index < -0.39 is 0 Å². The van der Waals surface area contributed by atoms with Crippen LogP contribution in [0, 0.1) is 5.92 Å². The summed E-state index contributed by atoms with van der Waals surface area (Å²) in [6.45, 7) is 4.30. The van der Waals surface area contributed by atoms with Crippen molar-refractivity contribution in [2.45, 2.75) is 32.8 Å². The molecule has 0 radical (unpaired) electrons. The zero-order chi connectivity index (χ0) is 17.8. The molecule has 1 N–H and O–H groups in total. The van der Waals surface area contributed by atoms with Gasteiger partial charge in [0.25, 0.3) is 0 Å². The minimum atomic E-state index is 0.110. The lowest BCUT2D eigenvalue weighted by Gasteiger charge is -2.21. The van der Waals surface area contributed by atoms with Gasteiger partial charge in [-0.2, -0.15) is 4.98 Å². The van der Waals surface area contributed by atoms with Crippen molar-refractivity contribution >= 4 is 11.8 Å². The fraction of sp³-hybridized carbons (Fsp3) is 0.500. The van der Waals surface area contributed by atoms with Gasteiger partial charge in [0.2, 0.25) is 5.95 Å². The first-order valence-electron chi connectivity index (χ1n) is 9.08. The molecule has 0 saturated carbocycles. The predicted molar refractivity (Wildman–Crippen MR) is 102 cm³/mol. The molecule has 2 aromatic rings. The van der Waals surface area contributed by atoms with Gasteiger partial charge in [0.1, 0.15) is 5.82 Å². The minimum absolute atomic E-state index is 0.110. The second-order valence-corrected chi connectivity index (χ2v) is 7.05. The Morgan fingerprint density at radius 1 is 1.20 bits per heavy atom. The Morgan fingerprint density at radius 3 is 2.72 bits per heavy atom. The molecule has 134 valence electrons. The van der Waals surface area contributed by atoms with Gasteiger partial charge in [-0.05, 0) is 36.3 Å². The molecule has 1 saturated heterocycles. The van der Waals surface area contributed by atoms with E-state index in [0.29, 0.717) is 5.92 Å². The first kappa shape index (κ1) is 17.7. The maximum atomic E-state index is 9.31. The van der Waals surface area contributed by atoms with Crippen LogP contribution in [-0.2, 0) is 19.4 Å². The molecule has 1 aromatic carbocycles. The Kier molecular flexibility index (Phi) is 5.53. The van der Waals surface area contributed by atoms with Gasteiger partial charge in [0.15, 0.2) is 0 Å². The summed E-state index contributed by atoms with van der Waals surface area (Å²) in [5.41, 5.74) is 3.39. The number of anilines is 2. The Balaban J connectivity index is 1.71. The molecule has 3 rings (SSSR count). The van der Waals surface area contributed by atoms with E-state index in [1.165, 1.54) is 12.0 Å². The van der Waals surface area contributed by atoms with E-state index >= 15 is 0 Å². The van der Waals surface area contributed by atoms with Gasteiger partial charge in [-0.1, -0.05) is 31.2 Å². The summed E-state index contributed by atoms with van der Waals surface area (Å²) >= 11 is 0. The second kappa shape index (κ2) is 7.83. The van der Waals surface area contributed by atoms with Crippen molar-refractivity contribution in [3.63, 3.8) is 0 Å². The summed E-state index contributed by atoms with van der Waals surface area (Å²) in [6, 6.07) is 10.4. The fourth-order valence-electron chi connectivity index (χ4n) is 3.41. The zero-order valence-corrected chi connectivity index (χ0v) is 15.4. The van der Waals surface area contributed by atoms with Crippen molar-refractivity contribution in [1.82, 2.24) is 9.97 Å². The van der Waals surface area contributed by atoms with E-state index in [9.17, 15) is 5.11 Å². The number of hydrogen-bond acceptors (Lipinski definition) is 5. The van der Waals surface area contributed by atoms with E-state index in [0.717, 1.165) is 49.0 Å². The number of aromatic nitrogens is 2. The van der Waals surface area contributed by atoms with Gasteiger partial charge in [-0.15, -0.1) is 0 Å². The van der Waals surface area contributed by atoms with E-state index in [4.69, 9.17) is 4.98 Å². The van der Waals surface area contributed by atoms with Gasteiger partial charge in [-0.3, -0.25) is 0 Å². The van der Waals surface area contributed by atoms with Crippen LogP contribution in [0.5, 0.6) is 0 Å². The van der Waals surface area contributed by atoms with E-state index in [2.05, 4.69) is 35.0 Å². The quantitative estimate of drug-likeness (QED) is 0.876. The Bertz CT molecular complexity index is 717. The number of aryl methyl sites for hydroxylation is 1. The second-order valence-electron chi connectivity index (χ2n) is 7.05. The van der Waals surface area contributed by atoms with Gasteiger partial charge in [0, 0.05) is 38.9 Å². The van der Waals surface area contributed by atoms with Crippen molar-refractivity contribution in [1.29, 1.82) is 0 Å². The minimum Gasteiger partial charge on any atom is -0.392 e. The highest BCUT2D eigenvalue weighted by Crippen LogP contribution is 2.27. The SMILES string of the molecule is CCc1cc(N2CCC(Cc3cccc(CO)c3)C2)nc(N(C)C)n1. The summed E-state index contributed by atoms with van der Waals surface area (Å²) in [4.78, 5) is 13.7. The summed E-state index contributed by atoms with van der Waals surface area (Å²) in [6.07, 6.45) is 3.14. The molecular weight excluding hydrogens is 312 g/mol. The molecule has 1 atom stereocenters. The number of hydrogen-bond donors (Lipinski definition) is 1. The molecule has 5 heteroatoms. The van der Waals surface area contributed by atoms with Crippen LogP contribution >= 0.6 is 0 Å². The van der Waals surface area contributed by atoms with Crippen LogP contribution in [0.1, 0.15) is 30.2 Å². The van der Waals surface area contributed by atoms with Crippen LogP contribution in [0.15, 0.2) is 30.3 Å². The molecule has 5 nitrogen and oxygen atoms in total. The highest BCUT2D eigenvalue weighted by molar-refractivity contribution is 5.46. The van der Waals surface area contributed by atoms with Crippen LogP contribution in [0.4, 0.5) is 11.8 Å². The lowest BCUT2D eigenvalue weighted by molar-refractivity contribution is 0.281. The molecule has 1 unspecified atom stereocenters. The first-order chi connectivity index (χ1) is 12.1. The normalized spacial score (nSPS) is 17.1. The number of aliphatic hydroxyl groups is 1. The average Bonchev–Trinajstić information content (AvgIpc) is 3.10. The van der Waals surface area contributed by atoms with Crippen LogP contribution in [0.25, 0.3) is 0 Å². The summed E-state index contributed by atoms with van der Waals surface area (Å²) < 4.78 is 0. The van der Waals surface area contributed by atoms with Crippen LogP contribution < -0.4 is 9.80 Å². The topological polar surface area (TPSA) is 52.5 Å². The molecule has 0 aliphatic carbocycles. The van der Waals surface area contributed by atoms with E-state index in [-0.39, 0.29) is 6.61 Å². The Labute approximate surface area is 150 Å². The smallest absolute Gasteiger partial charge is 0.227 e. The molecule has 1 aliphatic heterocycles. The van der Waals surface area contributed by atoms with Crippen LogP contribution in [0.3, 0.4) is 0 Å². The molecule has 1 aromatic heterocycles. The number of benzene rings is 1. The molecular formula is C20H28N4O. The monoisotopic (exact) mass is 340 g/mol. The lowest BCUT2D eigenvalue weighted by Crippen LogP contribution is -2.23. The third-order valence-electron chi connectivity index (χ3n) is 4.82. The Morgan fingerprint density at radius 2 is 2.00 bits per heavy atom. The molecule has 1 fully saturated rings. The molecule has 25 heavy (non-hydrogen) atoms. The molecule has 2 heterocycles. The number of rotatable bonds is 6. The fourth-order valence-corrected chi connectivity index (χ4v) is 3.41. The number of aliphatic hydroxyl groups excluding tert-OH is 1. The van der Waals surface area contributed by atoms with Crippen LogP contribution in [0.2, 0.25) is 0 Å². The summed E-state index contributed by atoms with van der Waals surface area (Å²) in [5.74, 6) is 2.45. The molecule has 0 bridgehead atoms. The third kappa shape index (κ3) is 4.28. The number of nitrogens with zero attached hydrogens (tertiary/aromatic N) is 4. The third-order valence-corrected chi connectivity index (χ3v) is 4.82. The maximum Gasteiger partial charge on any atom is 0.227 e. The highest BCUT2D eigenvalue weighted by Gasteiger charge is 2.24. The Hall–Kier alpha value is -2.14. The van der Waals surface area contributed by atoms with Gasteiger partial charge < -0.3 is 14.9 Å². The first-order valence-corrected chi connectivity index (χ1v) is 9.08. The van der Waals surface area contributed by atoms with Crippen molar-refractivity contribution in [3.05, 3.63) is 47.2 Å². The lowest BCUT2D eigenvalue weighted by atomic mass is 9.97. The predicted octanol–water partition coefficient (Wildman–Crippen LogP) is 2.67. The largest absolute Gasteiger partial charge is 0.392 e. The van der Waals surface area contributed by atoms with Crippen molar-refractivity contribution in [2.24, 2.45) is 5.92 Å². The summed E-state index contributed by atoms with van der Waals surface area (Å²) in [7, 11) is 3.97.